The SMILES string of the molecule is CNC(=O)N(O)C1N(N=Cc2c[nH]c3ccccc23)C(=S)SC1(C)C. The number of fused-ring (bicyclic) bond motifs is 1. The van der Waals surface area contributed by atoms with Crippen LogP contribution in [-0.4, -0.2) is 54.8 Å². The molecule has 0 saturated carbocycles. The third-order valence-corrected chi connectivity index (χ3v) is 5.52. The normalized spacial score (nSPS) is 19.8. The first-order valence-electron chi connectivity index (χ1n) is 7.67. The van der Waals surface area contributed by atoms with Crippen LogP contribution in [0.3, 0.4) is 0 Å². The average Bonchev–Trinajstić information content (AvgIpc) is 3.09. The summed E-state index contributed by atoms with van der Waals surface area (Å²) in [6.07, 6.45) is 2.82. The van der Waals surface area contributed by atoms with Gasteiger partial charge in [-0.3, -0.25) is 5.21 Å². The molecule has 1 aliphatic rings. The Morgan fingerprint density at radius 3 is 2.96 bits per heavy atom. The number of aromatic amines is 1. The molecule has 3 N–H and O–H groups in total. The summed E-state index contributed by atoms with van der Waals surface area (Å²) < 4.78 is -0.0235. The quantitative estimate of drug-likeness (QED) is 0.331. The van der Waals surface area contributed by atoms with E-state index < -0.39 is 16.9 Å². The van der Waals surface area contributed by atoms with E-state index in [2.05, 4.69) is 15.4 Å². The van der Waals surface area contributed by atoms with Crippen LogP contribution < -0.4 is 5.32 Å². The number of thioether (sulfide) groups is 1. The Morgan fingerprint density at radius 2 is 2.24 bits per heavy atom. The lowest BCUT2D eigenvalue weighted by Crippen LogP contribution is -2.55. The van der Waals surface area contributed by atoms with Gasteiger partial charge in [0.05, 0.1) is 11.0 Å². The number of hydrogen-bond acceptors (Lipinski definition) is 5. The summed E-state index contributed by atoms with van der Waals surface area (Å²) in [4.78, 5) is 15.1. The van der Waals surface area contributed by atoms with Crippen LogP contribution in [0.1, 0.15) is 19.4 Å². The van der Waals surface area contributed by atoms with E-state index in [1.807, 2.05) is 44.3 Å². The smallest absolute Gasteiger partial charge is 0.343 e. The molecule has 132 valence electrons. The van der Waals surface area contributed by atoms with Crippen molar-refractivity contribution in [1.82, 2.24) is 20.4 Å². The van der Waals surface area contributed by atoms with E-state index >= 15 is 0 Å². The number of aromatic nitrogens is 1. The Labute approximate surface area is 155 Å². The van der Waals surface area contributed by atoms with Crippen molar-refractivity contribution < 1.29 is 10.0 Å². The second-order valence-corrected chi connectivity index (χ2v) is 8.41. The molecule has 0 spiro atoms. The van der Waals surface area contributed by atoms with Crippen molar-refractivity contribution in [3.05, 3.63) is 36.0 Å². The number of benzene rings is 1. The predicted molar refractivity (Wildman–Crippen MR) is 104 cm³/mol. The van der Waals surface area contributed by atoms with E-state index in [4.69, 9.17) is 12.2 Å². The Balaban J connectivity index is 1.93. The van der Waals surface area contributed by atoms with Crippen molar-refractivity contribution in [2.45, 2.75) is 24.8 Å². The van der Waals surface area contributed by atoms with Crippen molar-refractivity contribution in [3.63, 3.8) is 0 Å². The standard InChI is InChI=1S/C16H19N5O2S2/c1-16(2)13(21(23)14(22)17-3)20(15(24)25-16)19-9-10-8-18-12-7-5-4-6-11(10)12/h4-9,13,18,23H,1-3H3,(H,17,22). The zero-order valence-corrected chi connectivity index (χ0v) is 15.7. The summed E-state index contributed by atoms with van der Waals surface area (Å²) in [5.41, 5.74) is 1.91. The second-order valence-electron chi connectivity index (χ2n) is 6.12. The highest BCUT2D eigenvalue weighted by atomic mass is 32.2. The molecule has 9 heteroatoms. The fourth-order valence-corrected chi connectivity index (χ4v) is 4.57. The zero-order chi connectivity index (χ0) is 18.2. The summed E-state index contributed by atoms with van der Waals surface area (Å²) in [6.45, 7) is 3.81. The fraction of sp³-hybridized carbons (Fsp3) is 0.312. The number of carbonyl (C=O) groups excluding carboxylic acids is 1. The lowest BCUT2D eigenvalue weighted by molar-refractivity contribution is -0.117. The molecule has 0 bridgehead atoms. The van der Waals surface area contributed by atoms with Crippen molar-refractivity contribution in [3.8, 4) is 0 Å². The molecule has 1 atom stereocenters. The lowest BCUT2D eigenvalue weighted by Gasteiger charge is -2.33. The Bertz CT molecular complexity index is 848. The summed E-state index contributed by atoms with van der Waals surface area (Å²) in [5.74, 6) is 0. The largest absolute Gasteiger partial charge is 0.361 e. The number of urea groups is 1. The number of H-pyrrole nitrogens is 1. The summed E-state index contributed by atoms with van der Waals surface area (Å²) in [5, 5.41) is 20.3. The number of hydrazone groups is 1. The third-order valence-electron chi connectivity index (χ3n) is 3.99. The molecule has 2 aromatic rings. The van der Waals surface area contributed by atoms with Crippen molar-refractivity contribution in [2.24, 2.45) is 5.10 Å². The summed E-state index contributed by atoms with van der Waals surface area (Å²) in [6, 6.07) is 7.27. The van der Waals surface area contributed by atoms with Gasteiger partial charge in [-0.15, -0.1) is 0 Å². The van der Waals surface area contributed by atoms with E-state index in [1.54, 1.807) is 6.21 Å². The van der Waals surface area contributed by atoms with Gasteiger partial charge in [-0.05, 0) is 19.9 Å². The highest BCUT2D eigenvalue weighted by Crippen LogP contribution is 2.42. The maximum Gasteiger partial charge on any atom is 0.343 e. The molecule has 0 aliphatic carbocycles. The predicted octanol–water partition coefficient (Wildman–Crippen LogP) is 2.97. The number of rotatable bonds is 3. The molecule has 25 heavy (non-hydrogen) atoms. The first-order valence-corrected chi connectivity index (χ1v) is 8.90. The topological polar surface area (TPSA) is 84.0 Å². The Kier molecular flexibility index (Phi) is 4.72. The molecule has 1 aromatic heterocycles. The van der Waals surface area contributed by atoms with Crippen molar-refractivity contribution in [2.75, 3.05) is 7.05 Å². The van der Waals surface area contributed by atoms with Gasteiger partial charge in [0.1, 0.15) is 0 Å². The molecule has 1 fully saturated rings. The van der Waals surface area contributed by atoms with Crippen LogP contribution in [0, 0.1) is 0 Å². The van der Waals surface area contributed by atoms with Crippen LogP contribution in [-0.2, 0) is 0 Å². The third kappa shape index (κ3) is 3.22. The molecule has 1 aliphatic heterocycles. The molecule has 2 amide bonds. The number of amides is 2. The van der Waals surface area contributed by atoms with Crippen LogP contribution >= 0.6 is 24.0 Å². The number of nitrogens with zero attached hydrogens (tertiary/aromatic N) is 3. The van der Waals surface area contributed by atoms with Crippen LogP contribution in [0.15, 0.2) is 35.6 Å². The van der Waals surface area contributed by atoms with Crippen molar-refractivity contribution in [1.29, 1.82) is 0 Å². The van der Waals surface area contributed by atoms with Gasteiger partial charge in [0.15, 0.2) is 10.5 Å². The van der Waals surface area contributed by atoms with E-state index in [1.165, 1.54) is 23.8 Å². The van der Waals surface area contributed by atoms with Crippen LogP contribution in [0.5, 0.6) is 0 Å². The second kappa shape index (κ2) is 6.66. The van der Waals surface area contributed by atoms with E-state index in [0.29, 0.717) is 9.38 Å². The van der Waals surface area contributed by atoms with Gasteiger partial charge >= 0.3 is 6.03 Å². The first-order chi connectivity index (χ1) is 11.8. The Morgan fingerprint density at radius 1 is 1.52 bits per heavy atom. The van der Waals surface area contributed by atoms with Crippen molar-refractivity contribution >= 4 is 51.4 Å². The van der Waals surface area contributed by atoms with Gasteiger partial charge in [-0.2, -0.15) is 10.2 Å². The maximum absolute atomic E-state index is 11.9. The lowest BCUT2D eigenvalue weighted by atomic mass is 10.1. The zero-order valence-electron chi connectivity index (χ0n) is 14.1. The molecule has 0 radical (unpaired) electrons. The average molecular weight is 377 g/mol. The minimum Gasteiger partial charge on any atom is -0.361 e. The minimum absolute atomic E-state index is 0.494. The minimum atomic E-state index is -0.716. The summed E-state index contributed by atoms with van der Waals surface area (Å²) in [7, 11) is 1.46. The van der Waals surface area contributed by atoms with Gasteiger partial charge in [-0.1, -0.05) is 42.2 Å². The van der Waals surface area contributed by atoms with Gasteiger partial charge < -0.3 is 10.3 Å². The van der Waals surface area contributed by atoms with E-state index in [0.717, 1.165) is 16.5 Å². The number of nitrogens with one attached hydrogen (secondary N) is 2. The first kappa shape index (κ1) is 17.7. The molecule has 1 unspecified atom stereocenters. The molecule has 1 saturated heterocycles. The van der Waals surface area contributed by atoms with Gasteiger partial charge in [0.2, 0.25) is 0 Å². The molecule has 3 rings (SSSR count). The molecule has 7 nitrogen and oxygen atoms in total. The monoisotopic (exact) mass is 377 g/mol. The van der Waals surface area contributed by atoms with Crippen LogP contribution in [0.25, 0.3) is 10.9 Å². The molecular weight excluding hydrogens is 358 g/mol. The summed E-state index contributed by atoms with van der Waals surface area (Å²) >= 11 is 6.79. The highest BCUT2D eigenvalue weighted by molar-refractivity contribution is 8.24. The number of hydroxylamine groups is 2. The Hall–Kier alpha value is -2.10. The molecule has 2 heterocycles. The van der Waals surface area contributed by atoms with E-state index in [-0.39, 0.29) is 0 Å². The van der Waals surface area contributed by atoms with Crippen LogP contribution in [0.4, 0.5) is 4.79 Å². The highest BCUT2D eigenvalue weighted by Gasteiger charge is 2.49. The number of thiocarbonyl (C=S) groups is 1. The van der Waals surface area contributed by atoms with Crippen LogP contribution in [0.2, 0.25) is 0 Å². The molecular formula is C16H19N5O2S2. The fourth-order valence-electron chi connectivity index (χ4n) is 2.78. The number of hydrogen-bond donors (Lipinski definition) is 3. The van der Waals surface area contributed by atoms with Gasteiger partial charge in [0.25, 0.3) is 0 Å². The van der Waals surface area contributed by atoms with E-state index in [9.17, 15) is 10.0 Å². The molecule has 1 aromatic carbocycles. The van der Waals surface area contributed by atoms with Gasteiger partial charge in [-0.25, -0.2) is 9.80 Å². The maximum atomic E-state index is 11.9. The number of para-hydroxylation sites is 1. The van der Waals surface area contributed by atoms with Gasteiger partial charge in [0, 0.05) is 29.7 Å². The number of carbonyl (C=O) groups is 1.